The lowest BCUT2D eigenvalue weighted by molar-refractivity contribution is 0.0694. The van der Waals surface area contributed by atoms with E-state index in [1.54, 1.807) is 13.0 Å². The summed E-state index contributed by atoms with van der Waals surface area (Å²) in [6, 6.07) is 6.81. The Kier molecular flexibility index (Phi) is 3.66. The summed E-state index contributed by atoms with van der Waals surface area (Å²) in [6.07, 6.45) is 0. The first kappa shape index (κ1) is 13.3. The fraction of sp³-hybridized carbons (Fsp3) is 0.143. The Balaban J connectivity index is 2.68. The van der Waals surface area contributed by atoms with Crippen molar-refractivity contribution in [3.8, 4) is 10.6 Å². The average molecular weight is 275 g/mol. The highest BCUT2D eigenvalue weighted by Crippen LogP contribution is 2.24. The predicted octanol–water partition coefficient (Wildman–Crippen LogP) is 2.85. The number of carboxylic acid groups (broad SMARTS) is 1. The molecule has 0 saturated carbocycles. The normalized spacial score (nSPS) is 10.4. The van der Waals surface area contributed by atoms with Gasteiger partial charge in [0.25, 0.3) is 5.56 Å². The van der Waals surface area contributed by atoms with Crippen LogP contribution >= 0.6 is 11.3 Å². The maximum Gasteiger partial charge on any atom is 0.341 e. The van der Waals surface area contributed by atoms with Crippen molar-refractivity contribution in [3.05, 3.63) is 57.7 Å². The Bertz CT molecular complexity index is 683. The molecule has 2 aromatic heterocycles. The Morgan fingerprint density at radius 1 is 1.42 bits per heavy atom. The first-order valence-corrected chi connectivity index (χ1v) is 6.54. The van der Waals surface area contributed by atoms with Crippen molar-refractivity contribution in [2.24, 2.45) is 0 Å². The zero-order valence-corrected chi connectivity index (χ0v) is 11.2. The molecule has 5 heteroatoms. The predicted molar refractivity (Wildman–Crippen MR) is 75.8 cm³/mol. The SMILES string of the molecule is C=C(C)Cn1c(-c2cccs2)ccc(C(=O)O)c1=O. The van der Waals surface area contributed by atoms with Crippen molar-refractivity contribution in [2.75, 3.05) is 0 Å². The van der Waals surface area contributed by atoms with Crippen molar-refractivity contribution in [1.82, 2.24) is 4.57 Å². The van der Waals surface area contributed by atoms with E-state index in [9.17, 15) is 9.59 Å². The van der Waals surface area contributed by atoms with Gasteiger partial charge in [-0.3, -0.25) is 4.79 Å². The van der Waals surface area contributed by atoms with Crippen LogP contribution in [0.25, 0.3) is 10.6 Å². The minimum absolute atomic E-state index is 0.221. The highest BCUT2D eigenvalue weighted by molar-refractivity contribution is 7.13. The second-order valence-electron chi connectivity index (χ2n) is 4.26. The topological polar surface area (TPSA) is 59.3 Å². The van der Waals surface area contributed by atoms with Gasteiger partial charge in [0.05, 0.1) is 10.6 Å². The van der Waals surface area contributed by atoms with Crippen LogP contribution in [0.4, 0.5) is 0 Å². The van der Waals surface area contributed by atoms with E-state index in [4.69, 9.17) is 5.11 Å². The van der Waals surface area contributed by atoms with Gasteiger partial charge >= 0.3 is 5.97 Å². The third-order valence-electron chi connectivity index (χ3n) is 2.61. The maximum atomic E-state index is 12.2. The molecule has 0 bridgehead atoms. The minimum Gasteiger partial charge on any atom is -0.477 e. The lowest BCUT2D eigenvalue weighted by Crippen LogP contribution is -2.27. The highest BCUT2D eigenvalue weighted by Gasteiger charge is 2.15. The van der Waals surface area contributed by atoms with Crippen LogP contribution in [0.5, 0.6) is 0 Å². The molecule has 0 aliphatic carbocycles. The van der Waals surface area contributed by atoms with Gasteiger partial charge in [0.15, 0.2) is 0 Å². The van der Waals surface area contributed by atoms with Crippen LogP contribution in [0.3, 0.4) is 0 Å². The van der Waals surface area contributed by atoms with Crippen molar-refractivity contribution >= 4 is 17.3 Å². The average Bonchev–Trinajstić information content (AvgIpc) is 2.84. The Morgan fingerprint density at radius 3 is 2.68 bits per heavy atom. The number of nitrogens with zero attached hydrogens (tertiary/aromatic N) is 1. The molecule has 0 aromatic carbocycles. The quantitative estimate of drug-likeness (QED) is 0.873. The van der Waals surface area contributed by atoms with E-state index in [-0.39, 0.29) is 5.56 Å². The zero-order chi connectivity index (χ0) is 14.0. The first-order valence-electron chi connectivity index (χ1n) is 5.66. The van der Waals surface area contributed by atoms with E-state index >= 15 is 0 Å². The smallest absolute Gasteiger partial charge is 0.341 e. The number of allylic oxidation sites excluding steroid dienone is 1. The Hall–Kier alpha value is -2.14. The van der Waals surface area contributed by atoms with E-state index in [0.717, 1.165) is 10.5 Å². The summed E-state index contributed by atoms with van der Waals surface area (Å²) in [4.78, 5) is 24.2. The van der Waals surface area contributed by atoms with Gasteiger partial charge in [0, 0.05) is 6.54 Å². The summed E-state index contributed by atoms with van der Waals surface area (Å²) < 4.78 is 1.46. The molecule has 0 atom stereocenters. The molecule has 1 N–H and O–H groups in total. The minimum atomic E-state index is -1.21. The molecule has 19 heavy (non-hydrogen) atoms. The van der Waals surface area contributed by atoms with Gasteiger partial charge in [0.1, 0.15) is 5.56 Å². The van der Waals surface area contributed by atoms with E-state index in [1.165, 1.54) is 22.0 Å². The van der Waals surface area contributed by atoms with Crippen molar-refractivity contribution < 1.29 is 9.90 Å². The van der Waals surface area contributed by atoms with Crippen LogP contribution in [0.1, 0.15) is 17.3 Å². The summed E-state index contributed by atoms with van der Waals surface area (Å²) in [7, 11) is 0. The van der Waals surface area contributed by atoms with Gasteiger partial charge in [-0.25, -0.2) is 4.79 Å². The molecule has 98 valence electrons. The van der Waals surface area contributed by atoms with E-state index in [0.29, 0.717) is 12.2 Å². The van der Waals surface area contributed by atoms with Crippen LogP contribution in [-0.4, -0.2) is 15.6 Å². The van der Waals surface area contributed by atoms with Gasteiger partial charge in [-0.05, 0) is 30.5 Å². The molecule has 2 heterocycles. The summed E-state index contributed by atoms with van der Waals surface area (Å²) in [6.45, 7) is 5.90. The molecule has 0 radical (unpaired) electrons. The summed E-state index contributed by atoms with van der Waals surface area (Å²) in [5.41, 5.74) is 0.790. The summed E-state index contributed by atoms with van der Waals surface area (Å²) in [5.74, 6) is -1.21. The zero-order valence-electron chi connectivity index (χ0n) is 10.4. The number of hydrogen-bond donors (Lipinski definition) is 1. The van der Waals surface area contributed by atoms with Crippen LogP contribution in [0.2, 0.25) is 0 Å². The first-order chi connectivity index (χ1) is 9.00. The van der Waals surface area contributed by atoms with E-state index in [2.05, 4.69) is 6.58 Å². The third kappa shape index (κ3) is 2.66. The number of aromatic carboxylic acids is 1. The number of rotatable bonds is 4. The van der Waals surface area contributed by atoms with Gasteiger partial charge in [-0.1, -0.05) is 18.2 Å². The fourth-order valence-electron chi connectivity index (χ4n) is 1.81. The number of carboxylic acids is 1. The monoisotopic (exact) mass is 275 g/mol. The lowest BCUT2D eigenvalue weighted by atomic mass is 10.2. The molecular weight excluding hydrogens is 262 g/mol. The molecule has 4 nitrogen and oxygen atoms in total. The van der Waals surface area contributed by atoms with Gasteiger partial charge in [-0.15, -0.1) is 11.3 Å². The second kappa shape index (κ2) is 5.24. The largest absolute Gasteiger partial charge is 0.477 e. The number of thiophene rings is 1. The molecule has 0 unspecified atom stereocenters. The van der Waals surface area contributed by atoms with Gasteiger partial charge in [-0.2, -0.15) is 0 Å². The molecule has 2 rings (SSSR count). The van der Waals surface area contributed by atoms with Crippen molar-refractivity contribution in [1.29, 1.82) is 0 Å². The molecule has 0 fully saturated rings. The molecule has 0 aliphatic rings. The van der Waals surface area contributed by atoms with E-state index in [1.807, 2.05) is 17.5 Å². The van der Waals surface area contributed by atoms with Crippen LogP contribution in [0.15, 0.2) is 46.6 Å². The van der Waals surface area contributed by atoms with Crippen LogP contribution in [0, 0.1) is 0 Å². The number of pyridine rings is 1. The molecule has 0 aliphatic heterocycles. The van der Waals surface area contributed by atoms with Crippen molar-refractivity contribution in [3.63, 3.8) is 0 Å². The third-order valence-corrected chi connectivity index (χ3v) is 3.50. The molecule has 0 spiro atoms. The second-order valence-corrected chi connectivity index (χ2v) is 5.21. The number of aromatic nitrogens is 1. The number of hydrogen-bond acceptors (Lipinski definition) is 3. The fourth-order valence-corrected chi connectivity index (χ4v) is 2.57. The lowest BCUT2D eigenvalue weighted by Gasteiger charge is -2.12. The highest BCUT2D eigenvalue weighted by atomic mass is 32.1. The number of carbonyl (C=O) groups is 1. The van der Waals surface area contributed by atoms with Gasteiger partial charge in [0.2, 0.25) is 0 Å². The van der Waals surface area contributed by atoms with Crippen LogP contribution in [-0.2, 0) is 6.54 Å². The molecule has 0 amide bonds. The summed E-state index contributed by atoms with van der Waals surface area (Å²) in [5, 5.41) is 10.9. The van der Waals surface area contributed by atoms with Crippen molar-refractivity contribution in [2.45, 2.75) is 13.5 Å². The Morgan fingerprint density at radius 2 is 2.16 bits per heavy atom. The van der Waals surface area contributed by atoms with Gasteiger partial charge < -0.3 is 9.67 Å². The standard InChI is InChI=1S/C14H13NO3S/c1-9(2)8-15-11(12-4-3-7-19-12)6-5-10(13(15)16)14(17)18/h3-7H,1,8H2,2H3,(H,17,18). The van der Waals surface area contributed by atoms with E-state index < -0.39 is 11.5 Å². The molecule has 2 aromatic rings. The Labute approximate surface area is 114 Å². The summed E-state index contributed by atoms with van der Waals surface area (Å²) >= 11 is 1.50. The maximum absolute atomic E-state index is 12.2. The molecule has 0 saturated heterocycles. The molecular formula is C14H13NO3S. The van der Waals surface area contributed by atoms with Crippen LogP contribution < -0.4 is 5.56 Å².